The third-order valence-electron chi connectivity index (χ3n) is 4.09. The molecule has 1 fully saturated rings. The third kappa shape index (κ3) is 4.13. The number of halogens is 2. The Balaban J connectivity index is 1.51. The Morgan fingerprint density at radius 1 is 1.13 bits per heavy atom. The number of hydrogen-bond donors (Lipinski definition) is 1. The van der Waals surface area contributed by atoms with Gasteiger partial charge in [0, 0.05) is 50.9 Å². The number of rotatable bonds is 5. The number of aliphatic hydroxyl groups is 1. The lowest BCUT2D eigenvalue weighted by molar-refractivity contribution is 0.0676. The van der Waals surface area contributed by atoms with E-state index in [1.165, 1.54) is 0 Å². The predicted molar refractivity (Wildman–Crippen MR) is 79.5 cm³/mol. The summed E-state index contributed by atoms with van der Waals surface area (Å²) >= 11 is 0. The smallest absolute Gasteiger partial charge is 0.129 e. The second-order valence-corrected chi connectivity index (χ2v) is 5.75. The maximum atomic E-state index is 13.7. The Labute approximate surface area is 133 Å². The number of nitrogens with zero attached hydrogens (tertiary/aromatic N) is 3. The average molecular weight is 323 g/mol. The monoisotopic (exact) mass is 323 g/mol. The molecule has 1 saturated heterocycles. The molecule has 0 saturated carbocycles. The van der Waals surface area contributed by atoms with Crippen LogP contribution in [0.5, 0.6) is 0 Å². The summed E-state index contributed by atoms with van der Waals surface area (Å²) in [7, 11) is 0. The first-order chi connectivity index (χ1) is 11.1. The van der Waals surface area contributed by atoms with Gasteiger partial charge in [-0.1, -0.05) is 5.16 Å². The van der Waals surface area contributed by atoms with Crippen molar-refractivity contribution in [2.45, 2.75) is 12.6 Å². The number of aromatic nitrogens is 1. The van der Waals surface area contributed by atoms with Crippen molar-refractivity contribution < 1.29 is 18.4 Å². The maximum absolute atomic E-state index is 13.7. The first-order valence-corrected chi connectivity index (χ1v) is 7.59. The van der Waals surface area contributed by atoms with Gasteiger partial charge in [-0.15, -0.1) is 0 Å². The van der Waals surface area contributed by atoms with Gasteiger partial charge in [0.15, 0.2) is 0 Å². The second kappa shape index (κ2) is 7.16. The summed E-state index contributed by atoms with van der Waals surface area (Å²) in [4.78, 5) is 4.29. The third-order valence-corrected chi connectivity index (χ3v) is 4.09. The quantitative estimate of drug-likeness (QED) is 0.909. The number of benzene rings is 1. The predicted octanol–water partition coefficient (Wildman–Crippen LogP) is 1.80. The molecular formula is C16H19F2N3O2. The first kappa shape index (κ1) is 16.0. The van der Waals surface area contributed by atoms with Crippen molar-refractivity contribution in [1.29, 1.82) is 0 Å². The van der Waals surface area contributed by atoms with Crippen LogP contribution < -0.4 is 0 Å². The summed E-state index contributed by atoms with van der Waals surface area (Å²) in [5, 5.41) is 14.1. The highest BCUT2D eigenvalue weighted by Gasteiger charge is 2.22. The van der Waals surface area contributed by atoms with Gasteiger partial charge in [-0.05, 0) is 18.2 Å². The Hall–Kier alpha value is -1.83. The van der Waals surface area contributed by atoms with E-state index in [0.717, 1.165) is 56.6 Å². The Kier molecular flexibility index (Phi) is 5.00. The van der Waals surface area contributed by atoms with Gasteiger partial charge < -0.3 is 9.63 Å². The minimum absolute atomic E-state index is 0.00928. The van der Waals surface area contributed by atoms with Crippen molar-refractivity contribution in [2.24, 2.45) is 0 Å². The van der Waals surface area contributed by atoms with Crippen LogP contribution in [-0.2, 0) is 6.54 Å². The summed E-state index contributed by atoms with van der Waals surface area (Å²) in [6.07, 6.45) is 0.517. The highest BCUT2D eigenvalue weighted by atomic mass is 19.1. The van der Waals surface area contributed by atoms with Crippen molar-refractivity contribution in [3.05, 3.63) is 53.4 Å². The molecular weight excluding hydrogens is 304 g/mol. The lowest BCUT2D eigenvalue weighted by Crippen LogP contribution is -2.47. The van der Waals surface area contributed by atoms with Crippen LogP contribution in [0.25, 0.3) is 0 Å². The van der Waals surface area contributed by atoms with Crippen LogP contribution >= 0.6 is 0 Å². The molecule has 0 bridgehead atoms. The highest BCUT2D eigenvalue weighted by molar-refractivity contribution is 5.21. The van der Waals surface area contributed by atoms with Gasteiger partial charge in [-0.25, -0.2) is 8.78 Å². The van der Waals surface area contributed by atoms with E-state index in [1.54, 1.807) is 6.26 Å². The van der Waals surface area contributed by atoms with E-state index in [9.17, 15) is 13.9 Å². The van der Waals surface area contributed by atoms with Gasteiger partial charge in [0.05, 0.1) is 11.8 Å². The fourth-order valence-corrected chi connectivity index (χ4v) is 2.79. The van der Waals surface area contributed by atoms with E-state index in [4.69, 9.17) is 4.52 Å². The molecule has 2 heterocycles. The highest BCUT2D eigenvalue weighted by Crippen LogP contribution is 2.20. The molecule has 0 spiro atoms. The van der Waals surface area contributed by atoms with E-state index in [2.05, 4.69) is 10.1 Å². The van der Waals surface area contributed by atoms with Gasteiger partial charge in [0.1, 0.15) is 17.9 Å². The normalized spacial score (nSPS) is 18.2. The van der Waals surface area contributed by atoms with Gasteiger partial charge >= 0.3 is 0 Å². The summed E-state index contributed by atoms with van der Waals surface area (Å²) in [6.45, 7) is 4.18. The van der Waals surface area contributed by atoms with Crippen LogP contribution in [0.2, 0.25) is 0 Å². The van der Waals surface area contributed by atoms with Gasteiger partial charge in [-0.2, -0.15) is 0 Å². The van der Waals surface area contributed by atoms with Gasteiger partial charge in [0.25, 0.3) is 0 Å². The molecule has 7 heteroatoms. The Morgan fingerprint density at radius 3 is 2.57 bits per heavy atom. The van der Waals surface area contributed by atoms with Crippen LogP contribution in [0, 0.1) is 11.6 Å². The molecule has 1 unspecified atom stereocenters. The summed E-state index contributed by atoms with van der Waals surface area (Å²) in [5.41, 5.74) is 0.898. The van der Waals surface area contributed by atoms with E-state index >= 15 is 0 Å². The zero-order valence-electron chi connectivity index (χ0n) is 12.7. The maximum Gasteiger partial charge on any atom is 0.129 e. The largest absolute Gasteiger partial charge is 0.387 e. The first-order valence-electron chi connectivity index (χ1n) is 7.59. The fourth-order valence-electron chi connectivity index (χ4n) is 2.79. The SMILES string of the molecule is OC(CN1CCN(Cc2ccon2)CC1)c1cc(F)ccc1F. The lowest BCUT2D eigenvalue weighted by atomic mass is 10.1. The molecule has 0 aliphatic carbocycles. The van der Waals surface area contributed by atoms with Crippen molar-refractivity contribution in [1.82, 2.24) is 15.0 Å². The topological polar surface area (TPSA) is 52.7 Å². The number of piperazine rings is 1. The van der Waals surface area contributed by atoms with Crippen molar-refractivity contribution in [3.8, 4) is 0 Å². The molecule has 1 N–H and O–H groups in total. The molecule has 1 aromatic carbocycles. The zero-order chi connectivity index (χ0) is 16.2. The van der Waals surface area contributed by atoms with Gasteiger partial charge in [0.2, 0.25) is 0 Å². The molecule has 124 valence electrons. The van der Waals surface area contributed by atoms with Gasteiger partial charge in [-0.3, -0.25) is 9.80 Å². The molecule has 0 radical (unpaired) electrons. The van der Waals surface area contributed by atoms with Crippen molar-refractivity contribution in [2.75, 3.05) is 32.7 Å². The van der Waals surface area contributed by atoms with Crippen LogP contribution in [0.3, 0.4) is 0 Å². The zero-order valence-corrected chi connectivity index (χ0v) is 12.7. The minimum atomic E-state index is -1.03. The second-order valence-electron chi connectivity index (χ2n) is 5.75. The van der Waals surface area contributed by atoms with Crippen LogP contribution in [-0.4, -0.2) is 52.8 Å². The van der Waals surface area contributed by atoms with Crippen LogP contribution in [0.1, 0.15) is 17.4 Å². The molecule has 2 aromatic rings. The average Bonchev–Trinajstić information content (AvgIpc) is 3.04. The van der Waals surface area contributed by atoms with E-state index < -0.39 is 17.7 Å². The molecule has 3 rings (SSSR count). The number of aliphatic hydroxyl groups excluding tert-OH is 1. The van der Waals surface area contributed by atoms with Crippen molar-refractivity contribution in [3.63, 3.8) is 0 Å². The molecule has 1 aromatic heterocycles. The van der Waals surface area contributed by atoms with E-state index in [0.29, 0.717) is 0 Å². The lowest BCUT2D eigenvalue weighted by Gasteiger charge is -2.35. The van der Waals surface area contributed by atoms with Crippen molar-refractivity contribution >= 4 is 0 Å². The van der Waals surface area contributed by atoms with E-state index in [-0.39, 0.29) is 12.1 Å². The Morgan fingerprint density at radius 2 is 1.87 bits per heavy atom. The van der Waals surface area contributed by atoms with Crippen LogP contribution in [0.15, 0.2) is 35.1 Å². The molecule has 5 nitrogen and oxygen atoms in total. The molecule has 1 aliphatic heterocycles. The standard InChI is InChI=1S/C16H19F2N3O2/c17-12-1-2-15(18)14(9-12)16(22)11-21-6-4-20(5-7-21)10-13-3-8-23-19-13/h1-3,8-9,16,22H,4-7,10-11H2. The summed E-state index contributed by atoms with van der Waals surface area (Å²) in [5.74, 6) is -1.12. The number of β-amino-alcohol motifs (C(OH)–C–C–N with tert-alkyl or cyclic N) is 1. The van der Waals surface area contributed by atoms with E-state index in [1.807, 2.05) is 11.0 Å². The Bertz CT molecular complexity index is 628. The minimum Gasteiger partial charge on any atom is -0.387 e. The molecule has 23 heavy (non-hydrogen) atoms. The molecule has 1 atom stereocenters. The molecule has 1 aliphatic rings. The number of hydrogen-bond acceptors (Lipinski definition) is 5. The summed E-state index contributed by atoms with van der Waals surface area (Å²) in [6, 6.07) is 4.99. The fraction of sp³-hybridized carbons (Fsp3) is 0.438. The summed E-state index contributed by atoms with van der Waals surface area (Å²) < 4.78 is 31.7. The molecule has 0 amide bonds. The van der Waals surface area contributed by atoms with Crippen LogP contribution in [0.4, 0.5) is 8.78 Å².